The van der Waals surface area contributed by atoms with E-state index in [1.54, 1.807) is 12.1 Å². The van der Waals surface area contributed by atoms with Gasteiger partial charge in [-0.15, -0.1) is 0 Å². The highest BCUT2D eigenvalue weighted by molar-refractivity contribution is 6.37. The Hall–Kier alpha value is -2.14. The van der Waals surface area contributed by atoms with Gasteiger partial charge in [-0.3, -0.25) is 9.69 Å². The number of aliphatic hydroxyl groups excluding tert-OH is 1. The van der Waals surface area contributed by atoms with Crippen molar-refractivity contribution in [3.8, 4) is 11.3 Å². The third-order valence-electron chi connectivity index (χ3n) is 4.71. The van der Waals surface area contributed by atoms with Gasteiger partial charge in [0, 0.05) is 23.1 Å². The number of rotatable bonds is 4. The Balaban J connectivity index is 0.00000155. The average molecular weight is 447 g/mol. The molecular weight excluding hydrogens is 419 g/mol. The molecule has 1 amide bonds. The van der Waals surface area contributed by atoms with Crippen LogP contribution in [0.5, 0.6) is 0 Å². The van der Waals surface area contributed by atoms with Crippen molar-refractivity contribution in [2.75, 3.05) is 4.90 Å². The van der Waals surface area contributed by atoms with Gasteiger partial charge in [-0.1, -0.05) is 73.0 Å². The maximum absolute atomic E-state index is 12.5. The summed E-state index contributed by atoms with van der Waals surface area (Å²) in [5.41, 5.74) is 4.88. The Morgan fingerprint density at radius 3 is 2.43 bits per heavy atom. The molecule has 30 heavy (non-hydrogen) atoms. The number of anilines is 1. The summed E-state index contributed by atoms with van der Waals surface area (Å²) in [6, 6.07) is 9.53. The van der Waals surface area contributed by atoms with Crippen molar-refractivity contribution >= 4 is 34.9 Å². The van der Waals surface area contributed by atoms with Crippen LogP contribution < -0.4 is 4.90 Å². The van der Waals surface area contributed by atoms with Crippen molar-refractivity contribution in [1.82, 2.24) is 4.98 Å². The maximum Gasteiger partial charge on any atom is 0.229 e. The van der Waals surface area contributed by atoms with Gasteiger partial charge in [-0.2, -0.15) is 0 Å². The molecule has 160 valence electrons. The molecule has 0 fully saturated rings. The first-order valence-electron chi connectivity index (χ1n) is 10.1. The molecule has 0 saturated carbocycles. The highest BCUT2D eigenvalue weighted by Crippen LogP contribution is 2.36. The first-order chi connectivity index (χ1) is 14.3. The fraction of sp³-hybridized carbons (Fsp3) is 0.333. The van der Waals surface area contributed by atoms with Gasteiger partial charge in [0.15, 0.2) is 0 Å². The highest BCUT2D eigenvalue weighted by atomic mass is 35.5. The van der Waals surface area contributed by atoms with Gasteiger partial charge in [0.2, 0.25) is 5.91 Å². The van der Waals surface area contributed by atoms with Crippen LogP contribution in [0, 0.1) is 13.8 Å². The minimum atomic E-state index is -0.238. The topological polar surface area (TPSA) is 53.4 Å². The predicted octanol–water partition coefficient (Wildman–Crippen LogP) is 6.60. The number of pyridine rings is 1. The van der Waals surface area contributed by atoms with Crippen LogP contribution in [0.25, 0.3) is 11.3 Å². The summed E-state index contributed by atoms with van der Waals surface area (Å²) in [5.74, 6) is 0.179. The molecule has 0 bridgehead atoms. The van der Waals surface area contributed by atoms with Gasteiger partial charge in [0.05, 0.1) is 23.0 Å². The molecule has 3 rings (SSSR count). The Morgan fingerprint density at radius 1 is 1.17 bits per heavy atom. The zero-order valence-electron chi connectivity index (χ0n) is 18.1. The lowest BCUT2D eigenvalue weighted by Crippen LogP contribution is -2.30. The Morgan fingerprint density at radius 2 is 1.87 bits per heavy atom. The summed E-state index contributed by atoms with van der Waals surface area (Å²) >= 11 is 12.8. The standard InChI is InChI=1S/C22H22Cl2N2O2.C2H6/c1-13-7-9-17(14(2)11-13)21-16(12-27)8-10-20(25-21)26(15(3)28)22-18(23)5-4-6-19(22)24;1-2/h5,7-11,27H,4,6,12H2,1-3H3;1-2H3. The molecule has 0 spiro atoms. The molecule has 1 aliphatic rings. The number of aromatic nitrogens is 1. The van der Waals surface area contributed by atoms with Gasteiger partial charge in [-0.05, 0) is 38.3 Å². The van der Waals surface area contributed by atoms with Crippen LogP contribution in [-0.4, -0.2) is 16.0 Å². The SMILES string of the molecule is CC.CC(=O)N(C1=C(Cl)CCC=C1Cl)c1ccc(CO)c(-c2ccc(C)cc2C)n1. The second kappa shape index (κ2) is 10.8. The summed E-state index contributed by atoms with van der Waals surface area (Å²) in [6.07, 6.45) is 3.21. The van der Waals surface area contributed by atoms with Crippen LogP contribution in [0.2, 0.25) is 0 Å². The highest BCUT2D eigenvalue weighted by Gasteiger charge is 2.26. The van der Waals surface area contributed by atoms with E-state index >= 15 is 0 Å². The molecule has 1 aromatic heterocycles. The van der Waals surface area contributed by atoms with Crippen molar-refractivity contribution < 1.29 is 9.90 Å². The molecule has 2 aromatic rings. The smallest absolute Gasteiger partial charge is 0.229 e. The number of carbonyl (C=O) groups excluding carboxylic acids is 1. The fourth-order valence-electron chi connectivity index (χ4n) is 3.37. The Bertz CT molecular complexity index is 997. The summed E-state index contributed by atoms with van der Waals surface area (Å²) in [4.78, 5) is 18.7. The predicted molar refractivity (Wildman–Crippen MR) is 126 cm³/mol. The zero-order valence-corrected chi connectivity index (χ0v) is 19.6. The third-order valence-corrected chi connectivity index (χ3v) is 5.41. The van der Waals surface area contributed by atoms with E-state index in [0.717, 1.165) is 23.1 Å². The number of halogens is 2. The quantitative estimate of drug-likeness (QED) is 0.574. The summed E-state index contributed by atoms with van der Waals surface area (Å²) in [7, 11) is 0. The van der Waals surface area contributed by atoms with E-state index in [-0.39, 0.29) is 12.5 Å². The van der Waals surface area contributed by atoms with Gasteiger partial charge in [-0.25, -0.2) is 4.98 Å². The van der Waals surface area contributed by atoms with Crippen LogP contribution in [0.4, 0.5) is 5.82 Å². The number of aliphatic hydroxyl groups is 1. The molecule has 1 heterocycles. The lowest BCUT2D eigenvalue weighted by Gasteiger charge is -2.27. The minimum Gasteiger partial charge on any atom is -0.392 e. The van der Waals surface area contributed by atoms with Crippen molar-refractivity contribution in [3.05, 3.63) is 68.9 Å². The maximum atomic E-state index is 12.5. The van der Waals surface area contributed by atoms with Crippen LogP contribution in [-0.2, 0) is 11.4 Å². The molecule has 1 aromatic carbocycles. The van der Waals surface area contributed by atoms with E-state index in [1.807, 2.05) is 45.9 Å². The molecular formula is C24H28Cl2N2O2. The molecule has 6 heteroatoms. The monoisotopic (exact) mass is 446 g/mol. The fourth-order valence-corrected chi connectivity index (χ4v) is 4.03. The van der Waals surface area contributed by atoms with E-state index in [2.05, 4.69) is 6.07 Å². The van der Waals surface area contributed by atoms with E-state index in [9.17, 15) is 9.90 Å². The number of hydrogen-bond acceptors (Lipinski definition) is 3. The van der Waals surface area contributed by atoms with Gasteiger partial charge in [0.25, 0.3) is 0 Å². The Kier molecular flexibility index (Phi) is 8.65. The van der Waals surface area contributed by atoms with E-state index in [0.29, 0.717) is 39.3 Å². The van der Waals surface area contributed by atoms with Gasteiger partial charge < -0.3 is 5.11 Å². The number of aryl methyl sites for hydroxylation is 2. The molecule has 1 N–H and O–H groups in total. The van der Waals surface area contributed by atoms with Gasteiger partial charge in [0.1, 0.15) is 5.82 Å². The van der Waals surface area contributed by atoms with Crippen LogP contribution in [0.3, 0.4) is 0 Å². The average Bonchev–Trinajstić information content (AvgIpc) is 2.72. The zero-order chi connectivity index (χ0) is 22.4. The molecule has 0 aliphatic heterocycles. The van der Waals surface area contributed by atoms with E-state index < -0.39 is 0 Å². The van der Waals surface area contributed by atoms with Crippen molar-refractivity contribution in [3.63, 3.8) is 0 Å². The number of carbonyl (C=O) groups is 1. The summed E-state index contributed by atoms with van der Waals surface area (Å²) in [5, 5.41) is 10.8. The van der Waals surface area contributed by atoms with Crippen molar-refractivity contribution in [2.24, 2.45) is 0 Å². The lowest BCUT2D eigenvalue weighted by atomic mass is 9.99. The largest absolute Gasteiger partial charge is 0.392 e. The molecule has 1 aliphatic carbocycles. The second-order valence-corrected chi connectivity index (χ2v) is 7.72. The number of allylic oxidation sites excluding steroid dienone is 3. The number of hydrogen-bond donors (Lipinski definition) is 1. The van der Waals surface area contributed by atoms with Gasteiger partial charge >= 0.3 is 0 Å². The first kappa shape index (κ1) is 24.1. The number of amides is 1. The summed E-state index contributed by atoms with van der Waals surface area (Å²) in [6.45, 7) is 9.33. The number of nitrogens with zero attached hydrogens (tertiary/aromatic N) is 2. The Labute approximate surface area is 188 Å². The van der Waals surface area contributed by atoms with Crippen molar-refractivity contribution in [2.45, 2.75) is 54.1 Å². The molecule has 0 saturated heterocycles. The molecule has 0 radical (unpaired) electrons. The van der Waals surface area contributed by atoms with E-state index in [4.69, 9.17) is 28.2 Å². The molecule has 0 unspecified atom stereocenters. The number of benzene rings is 1. The minimum absolute atomic E-state index is 0.153. The third kappa shape index (κ3) is 5.12. The molecule has 4 nitrogen and oxygen atoms in total. The van der Waals surface area contributed by atoms with Crippen molar-refractivity contribution in [1.29, 1.82) is 0 Å². The first-order valence-corrected chi connectivity index (χ1v) is 10.8. The van der Waals surface area contributed by atoms with Crippen LogP contribution >= 0.6 is 23.2 Å². The van der Waals surface area contributed by atoms with Crippen LogP contribution in [0.15, 0.2) is 52.2 Å². The molecule has 0 atom stereocenters. The van der Waals surface area contributed by atoms with E-state index in [1.165, 1.54) is 11.8 Å². The lowest BCUT2D eigenvalue weighted by molar-refractivity contribution is -0.116. The summed E-state index contributed by atoms with van der Waals surface area (Å²) < 4.78 is 0. The van der Waals surface area contributed by atoms with Crippen LogP contribution in [0.1, 0.15) is 50.3 Å². The normalized spacial score (nSPS) is 13.4. The second-order valence-electron chi connectivity index (χ2n) is 6.85.